The van der Waals surface area contributed by atoms with Gasteiger partial charge in [0.05, 0.1) is 0 Å². The SMILES string of the molecule is CC(O)(CNc1ccnc(C(=O)NCc2ccccc2)c1)c1ccsc1. The minimum Gasteiger partial charge on any atom is -0.384 e. The first kappa shape index (κ1) is 18.1. The third kappa shape index (κ3) is 4.68. The molecule has 1 amide bonds. The first-order valence-electron chi connectivity index (χ1n) is 8.32. The monoisotopic (exact) mass is 367 g/mol. The van der Waals surface area contributed by atoms with Crippen molar-refractivity contribution < 1.29 is 9.90 Å². The Bertz CT molecular complexity index is 849. The third-order valence-corrected chi connectivity index (χ3v) is 4.75. The zero-order valence-electron chi connectivity index (χ0n) is 14.5. The molecule has 2 heterocycles. The maximum Gasteiger partial charge on any atom is 0.270 e. The normalized spacial score (nSPS) is 13.0. The molecule has 0 saturated heterocycles. The lowest BCUT2D eigenvalue weighted by atomic mass is 9.99. The van der Waals surface area contributed by atoms with Gasteiger partial charge in [0.1, 0.15) is 11.3 Å². The van der Waals surface area contributed by atoms with E-state index in [9.17, 15) is 9.90 Å². The van der Waals surface area contributed by atoms with Crippen LogP contribution in [0.2, 0.25) is 0 Å². The van der Waals surface area contributed by atoms with E-state index < -0.39 is 5.60 Å². The van der Waals surface area contributed by atoms with Gasteiger partial charge in [-0.2, -0.15) is 11.3 Å². The summed E-state index contributed by atoms with van der Waals surface area (Å²) in [4.78, 5) is 16.4. The van der Waals surface area contributed by atoms with Gasteiger partial charge in [0.25, 0.3) is 5.91 Å². The van der Waals surface area contributed by atoms with Crippen molar-refractivity contribution in [2.75, 3.05) is 11.9 Å². The molecule has 1 unspecified atom stereocenters. The maximum atomic E-state index is 12.3. The Kier molecular flexibility index (Phi) is 5.65. The molecular formula is C20H21N3O2S. The van der Waals surface area contributed by atoms with Crippen LogP contribution in [-0.4, -0.2) is 22.5 Å². The molecule has 1 atom stereocenters. The molecule has 3 N–H and O–H groups in total. The summed E-state index contributed by atoms with van der Waals surface area (Å²) in [5.74, 6) is -0.234. The molecule has 0 spiro atoms. The van der Waals surface area contributed by atoms with Crippen molar-refractivity contribution in [1.82, 2.24) is 10.3 Å². The van der Waals surface area contributed by atoms with Crippen LogP contribution < -0.4 is 10.6 Å². The van der Waals surface area contributed by atoms with Gasteiger partial charge in [-0.3, -0.25) is 9.78 Å². The molecule has 6 heteroatoms. The van der Waals surface area contributed by atoms with E-state index in [0.29, 0.717) is 18.8 Å². The van der Waals surface area contributed by atoms with Crippen molar-refractivity contribution >= 4 is 22.9 Å². The van der Waals surface area contributed by atoms with Crippen LogP contribution in [0.3, 0.4) is 0 Å². The number of aromatic nitrogens is 1. The standard InChI is InChI=1S/C20H21N3O2S/c1-20(25,16-8-10-26-13-16)14-23-17-7-9-21-18(11-17)19(24)22-12-15-5-3-2-4-6-15/h2-11,13,25H,12,14H2,1H3,(H,21,23)(H,22,24). The van der Waals surface area contributed by atoms with Crippen molar-refractivity contribution in [3.05, 3.63) is 82.3 Å². The Morgan fingerprint density at radius 3 is 2.77 bits per heavy atom. The third-order valence-electron chi connectivity index (χ3n) is 4.07. The van der Waals surface area contributed by atoms with E-state index in [1.54, 1.807) is 36.6 Å². The van der Waals surface area contributed by atoms with Crippen LogP contribution in [0.5, 0.6) is 0 Å². The number of amides is 1. The number of pyridine rings is 1. The molecule has 0 fully saturated rings. The highest BCUT2D eigenvalue weighted by Gasteiger charge is 2.23. The first-order chi connectivity index (χ1) is 12.5. The average molecular weight is 367 g/mol. The van der Waals surface area contributed by atoms with Gasteiger partial charge < -0.3 is 15.7 Å². The summed E-state index contributed by atoms with van der Waals surface area (Å²) in [6, 6.07) is 15.1. The summed E-state index contributed by atoms with van der Waals surface area (Å²) in [6.07, 6.45) is 1.58. The van der Waals surface area contributed by atoms with E-state index >= 15 is 0 Å². The van der Waals surface area contributed by atoms with Crippen LogP contribution in [-0.2, 0) is 12.1 Å². The van der Waals surface area contributed by atoms with Crippen molar-refractivity contribution in [2.24, 2.45) is 0 Å². The molecular weight excluding hydrogens is 346 g/mol. The van der Waals surface area contributed by atoms with E-state index in [-0.39, 0.29) is 5.91 Å². The molecule has 0 aliphatic carbocycles. The summed E-state index contributed by atoms with van der Waals surface area (Å²) >= 11 is 1.55. The Balaban J connectivity index is 1.60. The van der Waals surface area contributed by atoms with E-state index in [4.69, 9.17) is 0 Å². The lowest BCUT2D eigenvalue weighted by Crippen LogP contribution is -2.30. The molecule has 1 aromatic carbocycles. The molecule has 2 aromatic heterocycles. The molecule has 0 bridgehead atoms. The van der Waals surface area contributed by atoms with Crippen molar-refractivity contribution in [3.63, 3.8) is 0 Å². The predicted octanol–water partition coefficient (Wildman–Crippen LogP) is 3.39. The van der Waals surface area contributed by atoms with Gasteiger partial charge in [-0.25, -0.2) is 0 Å². The number of rotatable bonds is 7. The topological polar surface area (TPSA) is 74.2 Å². The first-order valence-corrected chi connectivity index (χ1v) is 9.26. The zero-order valence-corrected chi connectivity index (χ0v) is 15.3. The number of hydrogen-bond acceptors (Lipinski definition) is 5. The number of nitrogens with one attached hydrogen (secondary N) is 2. The summed E-state index contributed by atoms with van der Waals surface area (Å²) in [5, 5.41) is 20.5. The predicted molar refractivity (Wildman–Crippen MR) is 104 cm³/mol. The largest absolute Gasteiger partial charge is 0.384 e. The molecule has 26 heavy (non-hydrogen) atoms. The second kappa shape index (κ2) is 8.12. The van der Waals surface area contributed by atoms with Gasteiger partial charge in [-0.15, -0.1) is 0 Å². The van der Waals surface area contributed by atoms with E-state index in [2.05, 4.69) is 15.6 Å². The number of benzene rings is 1. The highest BCUT2D eigenvalue weighted by molar-refractivity contribution is 7.08. The van der Waals surface area contributed by atoms with E-state index in [1.165, 1.54) is 0 Å². The summed E-state index contributed by atoms with van der Waals surface area (Å²) in [7, 11) is 0. The number of carbonyl (C=O) groups is 1. The van der Waals surface area contributed by atoms with Crippen LogP contribution in [0.15, 0.2) is 65.5 Å². The van der Waals surface area contributed by atoms with E-state index in [1.807, 2.05) is 47.2 Å². The molecule has 0 aliphatic heterocycles. The highest BCUT2D eigenvalue weighted by atomic mass is 32.1. The summed E-state index contributed by atoms with van der Waals surface area (Å²) in [5.41, 5.74) is 1.98. The fourth-order valence-electron chi connectivity index (χ4n) is 2.48. The highest BCUT2D eigenvalue weighted by Crippen LogP contribution is 2.23. The number of anilines is 1. The lowest BCUT2D eigenvalue weighted by Gasteiger charge is -2.23. The second-order valence-electron chi connectivity index (χ2n) is 6.24. The van der Waals surface area contributed by atoms with Crippen LogP contribution in [0.25, 0.3) is 0 Å². The van der Waals surface area contributed by atoms with E-state index in [0.717, 1.165) is 16.8 Å². The van der Waals surface area contributed by atoms with Crippen LogP contribution in [0.1, 0.15) is 28.5 Å². The van der Waals surface area contributed by atoms with Gasteiger partial charge in [-0.1, -0.05) is 30.3 Å². The Labute approximate surface area is 156 Å². The number of aliphatic hydroxyl groups is 1. The average Bonchev–Trinajstić information content (AvgIpc) is 3.21. The summed E-state index contributed by atoms with van der Waals surface area (Å²) < 4.78 is 0. The fraction of sp³-hybridized carbons (Fsp3) is 0.200. The number of thiophene rings is 1. The van der Waals surface area contributed by atoms with Crippen molar-refractivity contribution in [2.45, 2.75) is 19.1 Å². The maximum absolute atomic E-state index is 12.3. The molecule has 3 rings (SSSR count). The minimum absolute atomic E-state index is 0.234. The van der Waals surface area contributed by atoms with Crippen molar-refractivity contribution in [3.8, 4) is 0 Å². The number of carbonyl (C=O) groups excluding carboxylic acids is 1. The van der Waals surface area contributed by atoms with Gasteiger partial charge in [0.15, 0.2) is 0 Å². The molecule has 0 radical (unpaired) electrons. The minimum atomic E-state index is -0.987. The quantitative estimate of drug-likeness (QED) is 0.598. The van der Waals surface area contributed by atoms with Gasteiger partial charge in [0.2, 0.25) is 0 Å². The number of nitrogens with zero attached hydrogens (tertiary/aromatic N) is 1. The van der Waals surface area contributed by atoms with Gasteiger partial charge >= 0.3 is 0 Å². The second-order valence-corrected chi connectivity index (χ2v) is 7.02. The Morgan fingerprint density at radius 2 is 2.04 bits per heavy atom. The van der Waals surface area contributed by atoms with Gasteiger partial charge in [0, 0.05) is 25.0 Å². The molecule has 3 aromatic rings. The van der Waals surface area contributed by atoms with Crippen LogP contribution >= 0.6 is 11.3 Å². The van der Waals surface area contributed by atoms with Gasteiger partial charge in [-0.05, 0) is 47.0 Å². The van der Waals surface area contributed by atoms with Crippen molar-refractivity contribution in [1.29, 1.82) is 0 Å². The van der Waals surface area contributed by atoms with Crippen LogP contribution in [0.4, 0.5) is 5.69 Å². The molecule has 0 saturated carbocycles. The summed E-state index contributed by atoms with van der Waals surface area (Å²) in [6.45, 7) is 2.54. The molecule has 134 valence electrons. The lowest BCUT2D eigenvalue weighted by molar-refractivity contribution is 0.0720. The Morgan fingerprint density at radius 1 is 1.23 bits per heavy atom. The number of hydrogen-bond donors (Lipinski definition) is 3. The fourth-order valence-corrected chi connectivity index (χ4v) is 3.26. The molecule has 5 nitrogen and oxygen atoms in total. The zero-order chi connectivity index (χ0) is 18.4. The Hall–Kier alpha value is -2.70. The smallest absolute Gasteiger partial charge is 0.270 e. The molecule has 0 aliphatic rings. The van der Waals surface area contributed by atoms with Crippen LogP contribution in [0, 0.1) is 0 Å².